The predicted octanol–water partition coefficient (Wildman–Crippen LogP) is 5.10. The van der Waals surface area contributed by atoms with Crippen molar-refractivity contribution >= 4 is 12.6 Å². The Hall–Kier alpha value is -0.560. The first-order valence-electron chi connectivity index (χ1n) is 5.84. The van der Waals surface area contributed by atoms with Crippen molar-refractivity contribution in [2.45, 2.75) is 56.8 Å². The van der Waals surface area contributed by atoms with E-state index in [0.29, 0.717) is 0 Å². The van der Waals surface area contributed by atoms with E-state index in [1.54, 1.807) is 0 Å². The van der Waals surface area contributed by atoms with E-state index in [9.17, 15) is 0 Å². The van der Waals surface area contributed by atoms with Crippen LogP contribution < -0.4 is 0 Å². The summed E-state index contributed by atoms with van der Waals surface area (Å²) in [5.74, 6) is 0. The summed E-state index contributed by atoms with van der Waals surface area (Å²) < 4.78 is 0. The zero-order chi connectivity index (χ0) is 11.3. The average Bonchev–Trinajstić information content (AvgIpc) is 2.18. The van der Waals surface area contributed by atoms with Crippen molar-refractivity contribution < 1.29 is 0 Å². The third-order valence-corrected chi connectivity index (χ3v) is 3.31. The van der Waals surface area contributed by atoms with Crippen molar-refractivity contribution in [3.8, 4) is 0 Å². The standard InChI is InChI=1S/C14H21S/c1-4-5-6-11-14(2,3)12-7-9-13(15)10-8-12/h7-10H,4-6,11H2,1-3H3. The normalized spacial score (nSPS) is 11.7. The summed E-state index contributed by atoms with van der Waals surface area (Å²) in [6.45, 7) is 6.89. The third kappa shape index (κ3) is 3.83. The van der Waals surface area contributed by atoms with Crippen molar-refractivity contribution in [3.05, 3.63) is 29.8 Å². The van der Waals surface area contributed by atoms with Gasteiger partial charge < -0.3 is 0 Å². The molecule has 0 spiro atoms. The molecule has 0 unspecified atom stereocenters. The van der Waals surface area contributed by atoms with Crippen molar-refractivity contribution in [2.24, 2.45) is 0 Å². The second-order valence-electron chi connectivity index (χ2n) is 4.87. The van der Waals surface area contributed by atoms with Crippen LogP contribution in [0.25, 0.3) is 0 Å². The highest BCUT2D eigenvalue weighted by Crippen LogP contribution is 2.29. The Balaban J connectivity index is 2.63. The summed E-state index contributed by atoms with van der Waals surface area (Å²) in [6.07, 6.45) is 5.21. The maximum atomic E-state index is 5.10. The third-order valence-electron chi connectivity index (χ3n) is 3.04. The van der Waals surface area contributed by atoms with Gasteiger partial charge in [-0.25, -0.2) is 0 Å². The van der Waals surface area contributed by atoms with Gasteiger partial charge in [-0.3, -0.25) is 0 Å². The molecule has 1 aromatic carbocycles. The fourth-order valence-corrected chi connectivity index (χ4v) is 2.00. The fourth-order valence-electron chi connectivity index (χ4n) is 1.87. The summed E-state index contributed by atoms with van der Waals surface area (Å²) in [7, 11) is 0. The smallest absolute Gasteiger partial charge is 0.0377 e. The van der Waals surface area contributed by atoms with Crippen molar-refractivity contribution in [1.82, 2.24) is 0 Å². The summed E-state index contributed by atoms with van der Waals surface area (Å²) >= 11 is 5.10. The van der Waals surface area contributed by atoms with Crippen LogP contribution in [-0.2, 0) is 5.41 Å². The lowest BCUT2D eigenvalue weighted by Gasteiger charge is -2.25. The van der Waals surface area contributed by atoms with Gasteiger partial charge in [0.1, 0.15) is 0 Å². The van der Waals surface area contributed by atoms with Crippen LogP contribution in [0.15, 0.2) is 29.2 Å². The van der Waals surface area contributed by atoms with E-state index in [1.165, 1.54) is 31.2 Å². The quantitative estimate of drug-likeness (QED) is 0.607. The molecule has 0 saturated heterocycles. The molecule has 0 aliphatic heterocycles. The zero-order valence-corrected chi connectivity index (χ0v) is 10.9. The first-order chi connectivity index (χ1) is 7.06. The molecule has 0 amide bonds. The molecular weight excluding hydrogens is 200 g/mol. The van der Waals surface area contributed by atoms with Gasteiger partial charge >= 0.3 is 0 Å². The molecule has 83 valence electrons. The molecule has 0 aliphatic carbocycles. The molecule has 0 fully saturated rings. The summed E-state index contributed by atoms with van der Waals surface area (Å²) in [5, 5.41) is 0. The van der Waals surface area contributed by atoms with E-state index in [2.05, 4.69) is 32.9 Å². The average molecular weight is 221 g/mol. The molecule has 1 aromatic rings. The lowest BCUT2D eigenvalue weighted by atomic mass is 9.80. The minimum atomic E-state index is 0.290. The van der Waals surface area contributed by atoms with Gasteiger partial charge in [-0.2, -0.15) is 0 Å². The second kappa shape index (κ2) is 5.50. The van der Waals surface area contributed by atoms with Gasteiger partial charge in [0.25, 0.3) is 0 Å². The van der Waals surface area contributed by atoms with E-state index in [1.807, 2.05) is 12.1 Å². The first-order valence-corrected chi connectivity index (χ1v) is 6.24. The van der Waals surface area contributed by atoms with Gasteiger partial charge in [-0.1, -0.05) is 64.8 Å². The molecular formula is C14H21S. The zero-order valence-electron chi connectivity index (χ0n) is 10.0. The Kier molecular flexibility index (Phi) is 4.59. The van der Waals surface area contributed by atoms with Crippen LogP contribution in [0, 0.1) is 0 Å². The van der Waals surface area contributed by atoms with Crippen LogP contribution in [0.5, 0.6) is 0 Å². The number of unbranched alkanes of at least 4 members (excludes halogenated alkanes) is 2. The Morgan fingerprint density at radius 2 is 1.67 bits per heavy atom. The molecule has 1 rings (SSSR count). The fraction of sp³-hybridized carbons (Fsp3) is 0.571. The van der Waals surface area contributed by atoms with Crippen LogP contribution in [-0.4, -0.2) is 0 Å². The van der Waals surface area contributed by atoms with Gasteiger partial charge in [-0.15, -0.1) is 0 Å². The molecule has 0 aromatic heterocycles. The summed E-state index contributed by atoms with van der Waals surface area (Å²) in [4.78, 5) is 0.933. The molecule has 15 heavy (non-hydrogen) atoms. The number of benzene rings is 1. The second-order valence-corrected chi connectivity index (χ2v) is 5.34. The summed E-state index contributed by atoms with van der Waals surface area (Å²) in [6, 6.07) is 8.42. The van der Waals surface area contributed by atoms with Crippen LogP contribution >= 0.6 is 12.6 Å². The predicted molar refractivity (Wildman–Crippen MR) is 69.5 cm³/mol. The highest BCUT2D eigenvalue weighted by molar-refractivity contribution is 7.80. The van der Waals surface area contributed by atoms with Gasteiger partial charge in [0.15, 0.2) is 0 Å². The molecule has 1 heteroatoms. The Bertz CT molecular complexity index is 285. The lowest BCUT2D eigenvalue weighted by Crippen LogP contribution is -2.16. The molecule has 0 heterocycles. The molecule has 0 atom stereocenters. The highest BCUT2D eigenvalue weighted by atomic mass is 32.1. The van der Waals surface area contributed by atoms with Gasteiger partial charge in [0.2, 0.25) is 0 Å². The number of hydrogen-bond donors (Lipinski definition) is 0. The van der Waals surface area contributed by atoms with E-state index in [0.717, 1.165) is 4.90 Å². The molecule has 0 bridgehead atoms. The number of rotatable bonds is 5. The Morgan fingerprint density at radius 1 is 1.07 bits per heavy atom. The molecule has 0 aliphatic rings. The van der Waals surface area contributed by atoms with Gasteiger partial charge in [-0.05, 0) is 29.5 Å². The topological polar surface area (TPSA) is 0 Å². The summed E-state index contributed by atoms with van der Waals surface area (Å²) in [5.41, 5.74) is 1.70. The van der Waals surface area contributed by atoms with Gasteiger partial charge in [0.05, 0.1) is 0 Å². The lowest BCUT2D eigenvalue weighted by molar-refractivity contribution is 0.450. The van der Waals surface area contributed by atoms with Crippen LogP contribution in [0.1, 0.15) is 52.0 Å². The van der Waals surface area contributed by atoms with Crippen molar-refractivity contribution in [2.75, 3.05) is 0 Å². The minimum Gasteiger partial charge on any atom is -0.0801 e. The van der Waals surface area contributed by atoms with Crippen molar-refractivity contribution in [1.29, 1.82) is 0 Å². The SMILES string of the molecule is CCCCCC(C)(C)c1ccc([S])cc1. The Labute approximate surface area is 99.5 Å². The molecule has 0 nitrogen and oxygen atoms in total. The van der Waals surface area contributed by atoms with E-state index in [4.69, 9.17) is 12.6 Å². The van der Waals surface area contributed by atoms with Crippen LogP contribution in [0.4, 0.5) is 0 Å². The van der Waals surface area contributed by atoms with Gasteiger partial charge in [0, 0.05) is 4.90 Å². The van der Waals surface area contributed by atoms with Crippen LogP contribution in [0.2, 0.25) is 0 Å². The largest absolute Gasteiger partial charge is 0.0801 e. The molecule has 1 radical (unpaired) electrons. The Morgan fingerprint density at radius 3 is 2.20 bits per heavy atom. The molecule has 0 N–H and O–H groups in total. The van der Waals surface area contributed by atoms with Crippen LogP contribution in [0.3, 0.4) is 0 Å². The highest BCUT2D eigenvalue weighted by Gasteiger charge is 2.19. The monoisotopic (exact) mass is 221 g/mol. The van der Waals surface area contributed by atoms with E-state index >= 15 is 0 Å². The maximum absolute atomic E-state index is 5.10. The maximum Gasteiger partial charge on any atom is 0.0377 e. The first kappa shape index (κ1) is 12.5. The molecule has 0 saturated carbocycles. The van der Waals surface area contributed by atoms with E-state index in [-0.39, 0.29) is 5.41 Å². The number of hydrogen-bond acceptors (Lipinski definition) is 0. The van der Waals surface area contributed by atoms with E-state index < -0.39 is 0 Å². The van der Waals surface area contributed by atoms with Crippen molar-refractivity contribution in [3.63, 3.8) is 0 Å². The minimum absolute atomic E-state index is 0.290.